The van der Waals surface area contributed by atoms with Crippen molar-refractivity contribution < 1.29 is 23.9 Å². The predicted octanol–water partition coefficient (Wildman–Crippen LogP) is 4.17. The molecule has 0 spiro atoms. The molecule has 0 N–H and O–H groups in total. The first kappa shape index (κ1) is 22.8. The van der Waals surface area contributed by atoms with Crippen LogP contribution in [-0.4, -0.2) is 51.8 Å². The molecule has 2 aromatic heterocycles. The third-order valence-electron chi connectivity index (χ3n) is 5.66. The molecule has 2 heterocycles. The van der Waals surface area contributed by atoms with Gasteiger partial charge in [0.15, 0.2) is 10.9 Å². The van der Waals surface area contributed by atoms with Crippen molar-refractivity contribution in [3.8, 4) is 5.69 Å². The molecular weight excluding hydrogens is 442 g/mol. The average molecular weight is 468 g/mol. The predicted molar refractivity (Wildman–Crippen MR) is 123 cm³/mol. The van der Waals surface area contributed by atoms with Gasteiger partial charge in [-0.1, -0.05) is 11.8 Å². The van der Waals surface area contributed by atoms with Gasteiger partial charge in [-0.25, -0.2) is 14.6 Å². The summed E-state index contributed by atoms with van der Waals surface area (Å²) in [5.74, 6) is -0.877. The monoisotopic (exact) mass is 467 g/mol. The van der Waals surface area contributed by atoms with Gasteiger partial charge in [-0.15, -0.1) is 0 Å². The zero-order valence-corrected chi connectivity index (χ0v) is 19.8. The van der Waals surface area contributed by atoms with E-state index in [2.05, 4.69) is 9.55 Å². The summed E-state index contributed by atoms with van der Waals surface area (Å²) in [4.78, 5) is 41.8. The fourth-order valence-corrected chi connectivity index (χ4v) is 4.81. The van der Waals surface area contributed by atoms with Gasteiger partial charge in [-0.3, -0.25) is 4.79 Å². The molecule has 0 saturated heterocycles. The van der Waals surface area contributed by atoms with E-state index in [9.17, 15) is 14.4 Å². The van der Waals surface area contributed by atoms with Crippen LogP contribution >= 0.6 is 11.8 Å². The fourth-order valence-electron chi connectivity index (χ4n) is 3.90. The highest BCUT2D eigenvalue weighted by molar-refractivity contribution is 7.99. The number of carbonyl (C=O) groups excluding carboxylic acids is 3. The molecule has 8 nitrogen and oxygen atoms in total. The van der Waals surface area contributed by atoms with Gasteiger partial charge < -0.3 is 18.6 Å². The van der Waals surface area contributed by atoms with E-state index < -0.39 is 11.9 Å². The summed E-state index contributed by atoms with van der Waals surface area (Å²) < 4.78 is 13.6. The Hall–Kier alpha value is -3.33. The highest BCUT2D eigenvalue weighted by atomic mass is 32.2. The molecule has 4 rings (SSSR count). The molecule has 1 aromatic carbocycles. The number of Topliss-reactive ketones (excluding diaryl/α,β-unsaturated/α-hetero) is 1. The number of rotatable bonds is 8. The number of aromatic nitrogens is 3. The summed E-state index contributed by atoms with van der Waals surface area (Å²) in [7, 11) is 2.56. The Kier molecular flexibility index (Phi) is 6.42. The molecule has 0 radical (unpaired) electrons. The average Bonchev–Trinajstić information content (AvgIpc) is 3.48. The van der Waals surface area contributed by atoms with E-state index in [0.29, 0.717) is 17.3 Å². The van der Waals surface area contributed by atoms with Crippen LogP contribution in [0.4, 0.5) is 0 Å². The first-order chi connectivity index (χ1) is 15.8. The standard InChI is InChI=1S/C24H25N3O5S/c1-14-9-20(21(28)13-33-24-25-7-8-26(24)18-5-6-18)15(2)27(14)19-11-16(22(29)31-3)10-17(12-19)23(30)32-4/h7-12,18H,5-6,13H2,1-4H3. The van der Waals surface area contributed by atoms with E-state index in [1.807, 2.05) is 30.7 Å². The minimum absolute atomic E-state index is 0.0120. The van der Waals surface area contributed by atoms with Gasteiger partial charge in [0.25, 0.3) is 0 Å². The third kappa shape index (κ3) is 4.59. The lowest BCUT2D eigenvalue weighted by molar-refractivity contribution is 0.0599. The van der Waals surface area contributed by atoms with E-state index in [4.69, 9.17) is 9.47 Å². The van der Waals surface area contributed by atoms with E-state index in [1.165, 1.54) is 32.0 Å². The van der Waals surface area contributed by atoms with Crippen LogP contribution in [0.25, 0.3) is 5.69 Å². The van der Waals surface area contributed by atoms with Crippen molar-refractivity contribution in [2.24, 2.45) is 0 Å². The van der Waals surface area contributed by atoms with Crippen LogP contribution in [0.2, 0.25) is 0 Å². The maximum atomic E-state index is 13.1. The molecule has 1 aliphatic rings. The zero-order chi connectivity index (χ0) is 23.7. The minimum Gasteiger partial charge on any atom is -0.465 e. The largest absolute Gasteiger partial charge is 0.465 e. The van der Waals surface area contributed by atoms with Gasteiger partial charge in [-0.05, 0) is 51.0 Å². The minimum atomic E-state index is -0.566. The number of hydrogen-bond acceptors (Lipinski definition) is 7. The number of thioether (sulfide) groups is 1. The Balaban J connectivity index is 1.64. The number of aryl methyl sites for hydroxylation is 1. The Morgan fingerprint density at radius 2 is 1.67 bits per heavy atom. The van der Waals surface area contributed by atoms with E-state index >= 15 is 0 Å². The van der Waals surface area contributed by atoms with E-state index in [1.54, 1.807) is 18.3 Å². The van der Waals surface area contributed by atoms with Crippen molar-refractivity contribution >= 4 is 29.5 Å². The molecule has 0 amide bonds. The van der Waals surface area contributed by atoms with Crippen LogP contribution in [0.1, 0.15) is 61.3 Å². The van der Waals surface area contributed by atoms with E-state index in [-0.39, 0.29) is 22.7 Å². The van der Waals surface area contributed by atoms with Crippen LogP contribution in [0.15, 0.2) is 41.8 Å². The Bertz CT molecular complexity index is 1200. The lowest BCUT2D eigenvalue weighted by atomic mass is 10.1. The molecule has 9 heteroatoms. The normalized spacial score (nSPS) is 13.1. The molecule has 0 unspecified atom stereocenters. The Labute approximate surface area is 195 Å². The van der Waals surface area contributed by atoms with E-state index in [0.717, 1.165) is 29.4 Å². The van der Waals surface area contributed by atoms with Crippen LogP contribution in [0, 0.1) is 13.8 Å². The number of methoxy groups -OCH3 is 2. The molecule has 1 saturated carbocycles. The van der Waals surface area contributed by atoms with Crippen molar-refractivity contribution in [3.05, 3.63) is 64.7 Å². The molecule has 1 fully saturated rings. The fraction of sp³-hybridized carbons (Fsp3) is 0.333. The number of carbonyl (C=O) groups is 3. The number of imidazole rings is 1. The quantitative estimate of drug-likeness (QED) is 0.279. The lowest BCUT2D eigenvalue weighted by Gasteiger charge is -2.13. The van der Waals surface area contributed by atoms with Crippen LogP contribution in [-0.2, 0) is 9.47 Å². The number of nitrogens with zero attached hydrogens (tertiary/aromatic N) is 3. The summed E-state index contributed by atoms with van der Waals surface area (Å²) in [5.41, 5.74) is 3.13. The van der Waals surface area contributed by atoms with Crippen molar-refractivity contribution in [1.82, 2.24) is 14.1 Å². The van der Waals surface area contributed by atoms with Crippen LogP contribution in [0.3, 0.4) is 0 Å². The maximum Gasteiger partial charge on any atom is 0.337 e. The molecular formula is C24H25N3O5S. The molecule has 0 aliphatic heterocycles. The van der Waals surface area contributed by atoms with Crippen molar-refractivity contribution in [1.29, 1.82) is 0 Å². The SMILES string of the molecule is COC(=O)c1cc(C(=O)OC)cc(-n2c(C)cc(C(=O)CSc3nccn3C3CC3)c2C)c1. The molecule has 3 aromatic rings. The molecule has 0 atom stereocenters. The molecule has 172 valence electrons. The number of hydrogen-bond donors (Lipinski definition) is 0. The second-order valence-corrected chi connectivity index (χ2v) is 8.87. The summed E-state index contributed by atoms with van der Waals surface area (Å²) in [5, 5.41) is 0.855. The van der Waals surface area contributed by atoms with Crippen LogP contribution < -0.4 is 0 Å². The van der Waals surface area contributed by atoms with Crippen molar-refractivity contribution in [2.45, 2.75) is 37.9 Å². The van der Waals surface area contributed by atoms with Gasteiger partial charge in [0.05, 0.1) is 31.1 Å². The highest BCUT2D eigenvalue weighted by Crippen LogP contribution is 2.37. The lowest BCUT2D eigenvalue weighted by Crippen LogP contribution is -2.10. The number of benzene rings is 1. The molecule has 1 aliphatic carbocycles. The maximum absolute atomic E-state index is 13.1. The summed E-state index contributed by atoms with van der Waals surface area (Å²) in [6, 6.07) is 7.02. The Morgan fingerprint density at radius 3 is 2.24 bits per heavy atom. The summed E-state index contributed by atoms with van der Waals surface area (Å²) in [6.07, 6.45) is 6.03. The van der Waals surface area contributed by atoms with Gasteiger partial charge in [0.2, 0.25) is 0 Å². The van der Waals surface area contributed by atoms with Gasteiger partial charge >= 0.3 is 11.9 Å². The molecule has 0 bridgehead atoms. The van der Waals surface area contributed by atoms with Crippen molar-refractivity contribution in [3.63, 3.8) is 0 Å². The number of esters is 2. The summed E-state index contributed by atoms with van der Waals surface area (Å²) in [6.45, 7) is 3.72. The zero-order valence-electron chi connectivity index (χ0n) is 19.0. The second-order valence-electron chi connectivity index (χ2n) is 7.93. The Morgan fingerprint density at radius 1 is 1.03 bits per heavy atom. The summed E-state index contributed by atoms with van der Waals surface area (Å²) >= 11 is 1.43. The first-order valence-electron chi connectivity index (χ1n) is 10.5. The highest BCUT2D eigenvalue weighted by Gasteiger charge is 2.26. The van der Waals surface area contributed by atoms with Gasteiger partial charge in [-0.2, -0.15) is 0 Å². The smallest absolute Gasteiger partial charge is 0.337 e. The first-order valence-corrected chi connectivity index (χ1v) is 11.5. The second kappa shape index (κ2) is 9.27. The third-order valence-corrected chi connectivity index (χ3v) is 6.64. The number of ether oxygens (including phenoxy) is 2. The topological polar surface area (TPSA) is 92.4 Å². The molecule has 33 heavy (non-hydrogen) atoms. The number of ketones is 1. The van der Waals surface area contributed by atoms with Crippen LogP contribution in [0.5, 0.6) is 0 Å². The van der Waals surface area contributed by atoms with Gasteiger partial charge in [0.1, 0.15) is 0 Å². The van der Waals surface area contributed by atoms with Gasteiger partial charge in [0, 0.05) is 41.1 Å². The van der Waals surface area contributed by atoms with Crippen molar-refractivity contribution in [2.75, 3.05) is 20.0 Å².